The predicted molar refractivity (Wildman–Crippen MR) is 139 cm³/mol. The van der Waals surface area contributed by atoms with Crippen LogP contribution in [-0.2, 0) is 6.54 Å². The Morgan fingerprint density at radius 1 is 0.939 bits per heavy atom. The van der Waals surface area contributed by atoms with Crippen molar-refractivity contribution in [1.82, 2.24) is 9.55 Å². The van der Waals surface area contributed by atoms with Gasteiger partial charge in [0.15, 0.2) is 0 Å². The van der Waals surface area contributed by atoms with E-state index in [2.05, 4.69) is 111 Å². The number of aromatic nitrogens is 2. The first kappa shape index (κ1) is 22.9. The molecule has 1 aromatic heterocycles. The molecule has 0 spiro atoms. The maximum absolute atomic E-state index is 6.21. The van der Waals surface area contributed by atoms with Crippen LogP contribution >= 0.6 is 0 Å². The molecule has 1 heterocycles. The zero-order valence-corrected chi connectivity index (χ0v) is 20.5. The Bertz CT molecular complexity index is 1210. The lowest BCUT2D eigenvalue weighted by molar-refractivity contribution is 0.299. The van der Waals surface area contributed by atoms with E-state index in [9.17, 15) is 0 Å². The number of rotatable bonds is 9. The maximum Gasteiger partial charge on any atom is 0.141 e. The van der Waals surface area contributed by atoms with Gasteiger partial charge in [0.2, 0.25) is 0 Å². The van der Waals surface area contributed by atoms with Crippen LogP contribution in [0.4, 0.5) is 5.69 Å². The van der Waals surface area contributed by atoms with Gasteiger partial charge < -0.3 is 14.2 Å². The predicted octanol–water partition coefficient (Wildman–Crippen LogP) is 7.06. The molecule has 0 N–H and O–H groups in total. The Morgan fingerprint density at radius 2 is 1.70 bits per heavy atom. The molecule has 0 radical (unpaired) electrons. The van der Waals surface area contributed by atoms with Gasteiger partial charge in [0.1, 0.15) is 11.6 Å². The van der Waals surface area contributed by atoms with Crippen LogP contribution < -0.4 is 9.64 Å². The average molecular weight is 442 g/mol. The Hall–Kier alpha value is -3.27. The largest absolute Gasteiger partial charge is 0.493 e. The topological polar surface area (TPSA) is 30.3 Å². The molecule has 0 aliphatic carbocycles. The average Bonchev–Trinajstić information content (AvgIpc) is 3.17. The number of ether oxygens (including phenoxy) is 1. The molecule has 0 fully saturated rings. The van der Waals surface area contributed by atoms with E-state index in [1.807, 2.05) is 0 Å². The van der Waals surface area contributed by atoms with Crippen LogP contribution in [0.5, 0.6) is 5.75 Å². The lowest BCUT2D eigenvalue weighted by Crippen LogP contribution is -2.08. The van der Waals surface area contributed by atoms with E-state index >= 15 is 0 Å². The summed E-state index contributed by atoms with van der Waals surface area (Å²) >= 11 is 0. The van der Waals surface area contributed by atoms with E-state index < -0.39 is 0 Å². The summed E-state index contributed by atoms with van der Waals surface area (Å²) in [5.41, 5.74) is 7.09. The minimum Gasteiger partial charge on any atom is -0.493 e. The fraction of sp³-hybridized carbons (Fsp3) is 0.345. The number of anilines is 1. The third kappa shape index (κ3) is 5.22. The van der Waals surface area contributed by atoms with Crippen molar-refractivity contribution in [3.8, 4) is 17.1 Å². The van der Waals surface area contributed by atoms with E-state index in [1.54, 1.807) is 0 Å². The number of benzene rings is 3. The fourth-order valence-corrected chi connectivity index (χ4v) is 4.23. The van der Waals surface area contributed by atoms with E-state index in [0.29, 0.717) is 5.92 Å². The van der Waals surface area contributed by atoms with Crippen LogP contribution in [0.25, 0.3) is 22.4 Å². The molecule has 33 heavy (non-hydrogen) atoms. The quantitative estimate of drug-likeness (QED) is 0.260. The highest BCUT2D eigenvalue weighted by Gasteiger charge is 2.13. The number of para-hydroxylation sites is 2. The SMILES string of the molecule is Cc1ccc(C(C)C)c(OCCCCn2c(-c3ccc(N(C)C)cc3)nc3ccccc32)c1. The lowest BCUT2D eigenvalue weighted by Gasteiger charge is -2.15. The van der Waals surface area contributed by atoms with Gasteiger partial charge in [-0.1, -0.05) is 38.1 Å². The zero-order chi connectivity index (χ0) is 23.4. The van der Waals surface area contributed by atoms with Crippen molar-refractivity contribution in [2.75, 3.05) is 25.6 Å². The van der Waals surface area contributed by atoms with Gasteiger partial charge in [0, 0.05) is 31.9 Å². The first-order valence-corrected chi connectivity index (χ1v) is 11.9. The molecule has 4 rings (SSSR count). The van der Waals surface area contributed by atoms with Crippen molar-refractivity contribution in [2.24, 2.45) is 0 Å². The van der Waals surface area contributed by atoms with Crippen molar-refractivity contribution in [3.05, 3.63) is 77.9 Å². The molecular weight excluding hydrogens is 406 g/mol. The summed E-state index contributed by atoms with van der Waals surface area (Å²) in [6, 6.07) is 23.6. The number of fused-ring (bicyclic) bond motifs is 1. The number of aryl methyl sites for hydroxylation is 2. The van der Waals surface area contributed by atoms with Crippen LogP contribution in [0.1, 0.15) is 43.7 Å². The highest BCUT2D eigenvalue weighted by molar-refractivity contribution is 5.80. The molecule has 0 saturated carbocycles. The molecule has 0 amide bonds. The lowest BCUT2D eigenvalue weighted by atomic mass is 10.0. The van der Waals surface area contributed by atoms with E-state index in [0.717, 1.165) is 48.6 Å². The van der Waals surface area contributed by atoms with Gasteiger partial charge >= 0.3 is 0 Å². The van der Waals surface area contributed by atoms with Gasteiger partial charge in [-0.05, 0) is 79.3 Å². The second kappa shape index (κ2) is 10.1. The van der Waals surface area contributed by atoms with E-state index in [1.165, 1.54) is 22.3 Å². The molecule has 0 bridgehead atoms. The third-order valence-corrected chi connectivity index (χ3v) is 6.12. The van der Waals surface area contributed by atoms with Crippen LogP contribution in [-0.4, -0.2) is 30.3 Å². The minimum atomic E-state index is 0.458. The number of hydrogen-bond acceptors (Lipinski definition) is 3. The first-order chi connectivity index (χ1) is 15.9. The van der Waals surface area contributed by atoms with Crippen molar-refractivity contribution < 1.29 is 4.74 Å². The van der Waals surface area contributed by atoms with Crippen LogP contribution in [0.2, 0.25) is 0 Å². The molecule has 0 aliphatic rings. The van der Waals surface area contributed by atoms with Crippen molar-refractivity contribution >= 4 is 16.7 Å². The van der Waals surface area contributed by atoms with Gasteiger partial charge in [-0.2, -0.15) is 0 Å². The monoisotopic (exact) mass is 441 g/mol. The molecule has 172 valence electrons. The molecule has 0 saturated heterocycles. The van der Waals surface area contributed by atoms with Crippen LogP contribution in [0, 0.1) is 6.92 Å². The van der Waals surface area contributed by atoms with E-state index in [-0.39, 0.29) is 0 Å². The molecular formula is C29H35N3O. The summed E-state index contributed by atoms with van der Waals surface area (Å²) in [7, 11) is 4.13. The van der Waals surface area contributed by atoms with Gasteiger partial charge in [-0.3, -0.25) is 0 Å². The van der Waals surface area contributed by atoms with Crippen molar-refractivity contribution in [1.29, 1.82) is 0 Å². The van der Waals surface area contributed by atoms with E-state index in [4.69, 9.17) is 9.72 Å². The Kier molecular flexibility index (Phi) is 7.02. The summed E-state index contributed by atoms with van der Waals surface area (Å²) in [4.78, 5) is 7.08. The molecule has 0 aliphatic heterocycles. The Balaban J connectivity index is 1.47. The molecule has 4 heteroatoms. The fourth-order valence-electron chi connectivity index (χ4n) is 4.23. The summed E-state index contributed by atoms with van der Waals surface area (Å²) in [5, 5.41) is 0. The van der Waals surface area contributed by atoms with Gasteiger partial charge in [-0.25, -0.2) is 4.98 Å². The van der Waals surface area contributed by atoms with Crippen LogP contribution in [0.3, 0.4) is 0 Å². The second-order valence-corrected chi connectivity index (χ2v) is 9.27. The summed E-state index contributed by atoms with van der Waals surface area (Å²) in [6.45, 7) is 8.19. The summed E-state index contributed by atoms with van der Waals surface area (Å²) in [5.74, 6) is 2.52. The Labute approximate surface area is 197 Å². The minimum absolute atomic E-state index is 0.458. The molecule has 0 atom stereocenters. The third-order valence-electron chi connectivity index (χ3n) is 6.12. The highest BCUT2D eigenvalue weighted by Crippen LogP contribution is 2.29. The summed E-state index contributed by atoms with van der Waals surface area (Å²) < 4.78 is 8.56. The number of hydrogen-bond donors (Lipinski definition) is 0. The first-order valence-electron chi connectivity index (χ1n) is 11.9. The molecule has 4 aromatic rings. The maximum atomic E-state index is 6.21. The Morgan fingerprint density at radius 3 is 2.42 bits per heavy atom. The van der Waals surface area contributed by atoms with Gasteiger partial charge in [0.05, 0.1) is 17.6 Å². The number of unbranched alkanes of at least 4 members (excludes halogenated alkanes) is 1. The van der Waals surface area contributed by atoms with Gasteiger partial charge in [0.25, 0.3) is 0 Å². The molecule has 0 unspecified atom stereocenters. The molecule has 4 nitrogen and oxygen atoms in total. The van der Waals surface area contributed by atoms with Crippen molar-refractivity contribution in [2.45, 2.75) is 46.1 Å². The molecule has 3 aromatic carbocycles. The summed E-state index contributed by atoms with van der Waals surface area (Å²) in [6.07, 6.45) is 2.03. The number of nitrogens with zero attached hydrogens (tertiary/aromatic N) is 3. The second-order valence-electron chi connectivity index (χ2n) is 9.27. The smallest absolute Gasteiger partial charge is 0.141 e. The normalized spacial score (nSPS) is 11.3. The van der Waals surface area contributed by atoms with Crippen LogP contribution in [0.15, 0.2) is 66.7 Å². The zero-order valence-electron chi connectivity index (χ0n) is 20.5. The highest BCUT2D eigenvalue weighted by atomic mass is 16.5. The standard InChI is InChI=1S/C29H35N3O/c1-21(2)25-17-12-22(3)20-28(25)33-19-9-8-18-32-27-11-7-6-10-26(27)30-29(32)23-13-15-24(16-14-23)31(4)5/h6-7,10-17,20-21H,8-9,18-19H2,1-5H3. The van der Waals surface area contributed by atoms with Gasteiger partial charge in [-0.15, -0.1) is 0 Å². The number of imidazole rings is 1. The van der Waals surface area contributed by atoms with Crippen molar-refractivity contribution in [3.63, 3.8) is 0 Å².